The highest BCUT2D eigenvalue weighted by Crippen LogP contribution is 2.35. The topological polar surface area (TPSA) is 114 Å². The fourth-order valence-electron chi connectivity index (χ4n) is 5.70. The summed E-state index contributed by atoms with van der Waals surface area (Å²) in [6, 6.07) is 6.31. The van der Waals surface area contributed by atoms with Gasteiger partial charge in [0.05, 0.1) is 11.4 Å². The molecule has 10 heteroatoms. The summed E-state index contributed by atoms with van der Waals surface area (Å²) in [7, 11) is 1.86. The molecule has 0 atom stereocenters. The molecule has 0 bridgehead atoms. The van der Waals surface area contributed by atoms with Gasteiger partial charge in [0, 0.05) is 43.6 Å². The van der Waals surface area contributed by atoms with Gasteiger partial charge in [0.2, 0.25) is 5.95 Å². The highest BCUT2D eigenvalue weighted by Gasteiger charge is 2.31. The summed E-state index contributed by atoms with van der Waals surface area (Å²) < 4.78 is 7.29. The molecule has 218 valence electrons. The van der Waals surface area contributed by atoms with Gasteiger partial charge in [-0.3, -0.25) is 9.48 Å². The van der Waals surface area contributed by atoms with Crippen LogP contribution in [0, 0.1) is 0 Å². The summed E-state index contributed by atoms with van der Waals surface area (Å²) >= 11 is 0. The number of ether oxygens (including phenoxy) is 1. The van der Waals surface area contributed by atoms with E-state index in [9.17, 15) is 9.59 Å². The molecule has 0 radical (unpaired) electrons. The standard InChI is InChI=1S/C31H41N7O3/c1-7-19-10-9-11-20(8-2)24(19)34-28(39)26-23-13-12-21-18-32-29(35-25(21)27(23)37(6)36-26)33-22-14-16-38(17-15-22)30(40)41-31(3,4)5/h9-11,18,22H,7-8,12-17H2,1-6H3,(H,34,39)(H,32,33,35). The lowest BCUT2D eigenvalue weighted by atomic mass is 9.93. The van der Waals surface area contributed by atoms with Crippen molar-refractivity contribution >= 4 is 23.6 Å². The number of para-hydroxylation sites is 1. The van der Waals surface area contributed by atoms with Crippen molar-refractivity contribution < 1.29 is 14.3 Å². The van der Waals surface area contributed by atoms with Crippen molar-refractivity contribution in [3.8, 4) is 11.4 Å². The third kappa shape index (κ3) is 6.06. The molecule has 10 nitrogen and oxygen atoms in total. The van der Waals surface area contributed by atoms with Crippen LogP contribution in [0.4, 0.5) is 16.4 Å². The van der Waals surface area contributed by atoms with E-state index in [1.807, 2.05) is 40.1 Å². The molecule has 2 N–H and O–H groups in total. The molecule has 0 spiro atoms. The van der Waals surface area contributed by atoms with E-state index in [0.717, 1.165) is 71.4 Å². The Morgan fingerprint density at radius 3 is 2.39 bits per heavy atom. The van der Waals surface area contributed by atoms with Crippen LogP contribution < -0.4 is 10.6 Å². The van der Waals surface area contributed by atoms with Gasteiger partial charge >= 0.3 is 6.09 Å². The molecule has 3 aromatic rings. The second-order valence-corrected chi connectivity index (χ2v) is 11.9. The van der Waals surface area contributed by atoms with Crippen molar-refractivity contribution in [2.24, 2.45) is 7.05 Å². The molecule has 1 fully saturated rings. The Balaban J connectivity index is 1.32. The van der Waals surface area contributed by atoms with E-state index < -0.39 is 5.60 Å². The van der Waals surface area contributed by atoms with E-state index in [1.54, 1.807) is 9.58 Å². The van der Waals surface area contributed by atoms with Crippen LogP contribution in [0.2, 0.25) is 0 Å². The minimum Gasteiger partial charge on any atom is -0.444 e. The minimum atomic E-state index is -0.507. The zero-order chi connectivity index (χ0) is 29.3. The third-order valence-corrected chi connectivity index (χ3v) is 7.81. The van der Waals surface area contributed by atoms with Gasteiger partial charge in [0.15, 0.2) is 5.69 Å². The summed E-state index contributed by atoms with van der Waals surface area (Å²) in [5.74, 6) is 0.356. The largest absolute Gasteiger partial charge is 0.444 e. The smallest absolute Gasteiger partial charge is 0.410 e. The third-order valence-electron chi connectivity index (χ3n) is 7.81. The van der Waals surface area contributed by atoms with Crippen molar-refractivity contribution in [3.05, 3.63) is 52.3 Å². The van der Waals surface area contributed by atoms with Crippen LogP contribution in [0.3, 0.4) is 0 Å². The number of rotatable bonds is 6. The number of nitrogens with one attached hydrogen (secondary N) is 2. The molecular weight excluding hydrogens is 518 g/mol. The lowest BCUT2D eigenvalue weighted by molar-refractivity contribution is 0.0210. The van der Waals surface area contributed by atoms with Gasteiger partial charge in [-0.25, -0.2) is 14.8 Å². The lowest BCUT2D eigenvalue weighted by Crippen LogP contribution is -2.44. The summed E-state index contributed by atoms with van der Waals surface area (Å²) in [6.45, 7) is 11.1. The van der Waals surface area contributed by atoms with Crippen LogP contribution >= 0.6 is 0 Å². The Hall–Kier alpha value is -3.95. The SMILES string of the molecule is CCc1cccc(CC)c1NC(=O)c1nn(C)c2c1CCc1cnc(NC3CCN(C(=O)OC(C)(C)C)CC3)nc1-2. The molecule has 41 heavy (non-hydrogen) atoms. The average Bonchev–Trinajstić information content (AvgIpc) is 3.29. The van der Waals surface area contributed by atoms with Crippen LogP contribution in [-0.2, 0) is 37.5 Å². The quantitative estimate of drug-likeness (QED) is 0.429. The molecule has 0 saturated carbocycles. The number of carbonyl (C=O) groups is 2. The van der Waals surface area contributed by atoms with Crippen LogP contribution in [0.5, 0.6) is 0 Å². The normalized spacial score (nSPS) is 15.2. The van der Waals surface area contributed by atoms with E-state index in [0.29, 0.717) is 31.2 Å². The Labute approximate surface area is 241 Å². The van der Waals surface area contributed by atoms with Gasteiger partial charge in [-0.1, -0.05) is 32.0 Å². The first kappa shape index (κ1) is 28.6. The maximum absolute atomic E-state index is 13.6. The van der Waals surface area contributed by atoms with Crippen molar-refractivity contribution in [1.29, 1.82) is 0 Å². The molecule has 2 amide bonds. The molecule has 2 aliphatic rings. The Kier molecular flexibility index (Phi) is 8.02. The minimum absolute atomic E-state index is 0.147. The number of likely N-dealkylation sites (tertiary alicyclic amines) is 1. The van der Waals surface area contributed by atoms with Crippen molar-refractivity contribution in [2.75, 3.05) is 23.7 Å². The number of carbonyl (C=O) groups excluding carboxylic acids is 2. The van der Waals surface area contributed by atoms with Crippen molar-refractivity contribution in [2.45, 2.75) is 84.8 Å². The van der Waals surface area contributed by atoms with E-state index in [4.69, 9.17) is 9.72 Å². The highest BCUT2D eigenvalue weighted by molar-refractivity contribution is 6.05. The van der Waals surface area contributed by atoms with Gasteiger partial charge in [0.25, 0.3) is 5.91 Å². The van der Waals surface area contributed by atoms with Crippen LogP contribution in [-0.4, -0.2) is 61.4 Å². The maximum Gasteiger partial charge on any atom is 0.410 e. The summed E-state index contributed by atoms with van der Waals surface area (Å²) in [4.78, 5) is 37.2. The number of aromatic nitrogens is 4. The molecular formula is C31H41N7O3. The van der Waals surface area contributed by atoms with Crippen LogP contribution in [0.25, 0.3) is 11.4 Å². The fourth-order valence-corrected chi connectivity index (χ4v) is 5.70. The second kappa shape index (κ2) is 11.5. The van der Waals surface area contributed by atoms with E-state index in [1.165, 1.54) is 0 Å². The molecule has 1 saturated heterocycles. The summed E-state index contributed by atoms with van der Waals surface area (Å²) in [5, 5.41) is 11.3. The molecule has 2 aromatic heterocycles. The Morgan fingerprint density at radius 2 is 1.76 bits per heavy atom. The van der Waals surface area contributed by atoms with Crippen molar-refractivity contribution in [3.63, 3.8) is 0 Å². The summed E-state index contributed by atoms with van der Waals surface area (Å²) in [6.07, 6.45) is 6.28. The zero-order valence-electron chi connectivity index (χ0n) is 25.0. The van der Waals surface area contributed by atoms with Gasteiger partial charge in [0.1, 0.15) is 5.60 Å². The predicted octanol–water partition coefficient (Wildman–Crippen LogP) is 5.16. The summed E-state index contributed by atoms with van der Waals surface area (Å²) in [5.41, 5.74) is 6.71. The molecule has 1 aliphatic heterocycles. The fraction of sp³-hybridized carbons (Fsp3) is 0.516. The van der Waals surface area contributed by atoms with E-state index in [-0.39, 0.29) is 18.0 Å². The van der Waals surface area contributed by atoms with Gasteiger partial charge < -0.3 is 20.3 Å². The van der Waals surface area contributed by atoms with Crippen LogP contribution in [0.1, 0.15) is 80.2 Å². The molecule has 5 rings (SSSR count). The first-order valence-electron chi connectivity index (χ1n) is 14.7. The number of fused-ring (bicyclic) bond motifs is 3. The molecule has 0 unspecified atom stereocenters. The van der Waals surface area contributed by atoms with Crippen LogP contribution in [0.15, 0.2) is 24.4 Å². The first-order valence-corrected chi connectivity index (χ1v) is 14.7. The number of hydrogen-bond donors (Lipinski definition) is 2. The van der Waals surface area contributed by atoms with Crippen molar-refractivity contribution in [1.82, 2.24) is 24.6 Å². The molecule has 1 aliphatic carbocycles. The average molecular weight is 560 g/mol. The predicted molar refractivity (Wildman–Crippen MR) is 159 cm³/mol. The van der Waals surface area contributed by atoms with Gasteiger partial charge in [-0.15, -0.1) is 0 Å². The van der Waals surface area contributed by atoms with E-state index >= 15 is 0 Å². The number of nitrogens with zero attached hydrogens (tertiary/aromatic N) is 5. The monoisotopic (exact) mass is 559 g/mol. The highest BCUT2D eigenvalue weighted by atomic mass is 16.6. The number of piperidine rings is 1. The number of hydrogen-bond acceptors (Lipinski definition) is 7. The maximum atomic E-state index is 13.6. The Morgan fingerprint density at radius 1 is 1.07 bits per heavy atom. The number of aryl methyl sites for hydroxylation is 4. The zero-order valence-corrected chi connectivity index (χ0v) is 25.0. The molecule has 3 heterocycles. The Bertz CT molecular complexity index is 1430. The van der Waals surface area contributed by atoms with Gasteiger partial charge in [-0.2, -0.15) is 5.10 Å². The second-order valence-electron chi connectivity index (χ2n) is 11.9. The molecule has 1 aromatic carbocycles. The van der Waals surface area contributed by atoms with Gasteiger partial charge in [-0.05, 0) is 76.0 Å². The number of benzene rings is 1. The first-order chi connectivity index (χ1) is 19.6. The number of anilines is 2. The van der Waals surface area contributed by atoms with E-state index in [2.05, 4.69) is 46.7 Å². The lowest BCUT2D eigenvalue weighted by Gasteiger charge is -2.33. The number of amides is 2.